The molecule has 1 heterocycles. The van der Waals surface area contributed by atoms with Gasteiger partial charge in [-0.3, -0.25) is 14.3 Å². The first kappa shape index (κ1) is 22.1. The molecule has 0 aliphatic carbocycles. The lowest BCUT2D eigenvalue weighted by Crippen LogP contribution is -2.50. The summed E-state index contributed by atoms with van der Waals surface area (Å²) in [6, 6.07) is 13.8. The van der Waals surface area contributed by atoms with Crippen LogP contribution in [-0.4, -0.2) is 62.5 Å². The number of benzene rings is 2. The minimum Gasteiger partial charge on any atom is -0.339 e. The number of hydrogen-bond acceptors (Lipinski definition) is 4. The first-order chi connectivity index (χ1) is 14.2. The maximum absolute atomic E-state index is 12.7. The second-order valence-electron chi connectivity index (χ2n) is 7.25. The molecule has 0 atom stereocenters. The Bertz CT molecular complexity index is 1000. The summed E-state index contributed by atoms with van der Waals surface area (Å²) < 4.78 is 24.9. The predicted octanol–water partition coefficient (Wildman–Crippen LogP) is 2.63. The molecule has 2 aromatic carbocycles. The van der Waals surface area contributed by atoms with Crippen LogP contribution in [-0.2, 0) is 21.2 Å². The van der Waals surface area contributed by atoms with Crippen LogP contribution in [0.5, 0.6) is 0 Å². The van der Waals surface area contributed by atoms with Gasteiger partial charge in [0.15, 0.2) is 0 Å². The molecule has 9 heteroatoms. The highest BCUT2D eigenvalue weighted by Crippen LogP contribution is 2.15. The number of sulfonamides is 1. The molecular formula is C21H24ClN3O4S. The number of aryl methyl sites for hydroxylation is 1. The van der Waals surface area contributed by atoms with E-state index < -0.39 is 10.0 Å². The lowest BCUT2D eigenvalue weighted by molar-refractivity contribution is -0.132. The van der Waals surface area contributed by atoms with Gasteiger partial charge in [-0.05, 0) is 48.4 Å². The molecule has 0 bridgehead atoms. The van der Waals surface area contributed by atoms with E-state index in [2.05, 4.69) is 4.72 Å². The highest BCUT2D eigenvalue weighted by atomic mass is 35.5. The summed E-state index contributed by atoms with van der Waals surface area (Å²) in [7, 11) is -3.36. The first-order valence-electron chi connectivity index (χ1n) is 9.60. The standard InChI is InChI=1S/C21H24ClN3O4S/c1-30(28,29)23-19-9-5-17(6-10-19)21(27)25-14-12-24(13-15-25)20(26)11-4-16-2-7-18(22)8-3-16/h2-3,5-10,23H,4,11-15H2,1H3. The quantitative estimate of drug-likeness (QED) is 0.734. The lowest BCUT2D eigenvalue weighted by atomic mass is 10.1. The van der Waals surface area contributed by atoms with Crippen LogP contribution in [0.3, 0.4) is 0 Å². The van der Waals surface area contributed by atoms with Crippen molar-refractivity contribution in [2.75, 3.05) is 37.2 Å². The van der Waals surface area contributed by atoms with Crippen molar-refractivity contribution in [1.82, 2.24) is 9.80 Å². The van der Waals surface area contributed by atoms with Crippen LogP contribution in [0, 0.1) is 0 Å². The predicted molar refractivity (Wildman–Crippen MR) is 117 cm³/mol. The first-order valence-corrected chi connectivity index (χ1v) is 11.9. The summed E-state index contributed by atoms with van der Waals surface area (Å²) in [4.78, 5) is 28.7. The Morgan fingerprint density at radius 1 is 0.933 bits per heavy atom. The molecule has 7 nitrogen and oxygen atoms in total. The van der Waals surface area contributed by atoms with E-state index in [1.54, 1.807) is 34.1 Å². The molecule has 1 saturated heterocycles. The summed E-state index contributed by atoms with van der Waals surface area (Å²) >= 11 is 5.88. The second kappa shape index (κ2) is 9.49. The summed E-state index contributed by atoms with van der Waals surface area (Å²) in [5.41, 5.74) is 1.96. The monoisotopic (exact) mass is 449 g/mol. The smallest absolute Gasteiger partial charge is 0.253 e. The third-order valence-electron chi connectivity index (χ3n) is 4.90. The van der Waals surface area contributed by atoms with Crippen molar-refractivity contribution in [3.8, 4) is 0 Å². The van der Waals surface area contributed by atoms with E-state index in [4.69, 9.17) is 11.6 Å². The van der Waals surface area contributed by atoms with Gasteiger partial charge in [0.25, 0.3) is 5.91 Å². The Morgan fingerprint density at radius 3 is 2.07 bits per heavy atom. The number of halogens is 1. The van der Waals surface area contributed by atoms with Crippen LogP contribution < -0.4 is 4.72 Å². The number of piperazine rings is 1. The molecule has 3 rings (SSSR count). The van der Waals surface area contributed by atoms with Crippen LogP contribution in [0.25, 0.3) is 0 Å². The van der Waals surface area contributed by atoms with Crippen molar-refractivity contribution < 1.29 is 18.0 Å². The molecule has 2 amide bonds. The number of hydrogen-bond donors (Lipinski definition) is 1. The van der Waals surface area contributed by atoms with E-state index in [1.807, 2.05) is 24.3 Å². The molecule has 0 aromatic heterocycles. The van der Waals surface area contributed by atoms with Crippen molar-refractivity contribution in [3.63, 3.8) is 0 Å². The maximum atomic E-state index is 12.7. The zero-order valence-corrected chi connectivity index (χ0v) is 18.2. The van der Waals surface area contributed by atoms with E-state index in [1.165, 1.54) is 0 Å². The molecule has 1 aliphatic heterocycles. The molecule has 30 heavy (non-hydrogen) atoms. The van der Waals surface area contributed by atoms with Gasteiger partial charge in [0.2, 0.25) is 15.9 Å². The minimum absolute atomic E-state index is 0.0771. The fraction of sp³-hybridized carbons (Fsp3) is 0.333. The molecule has 1 aliphatic rings. The Balaban J connectivity index is 1.49. The average molecular weight is 450 g/mol. The van der Waals surface area contributed by atoms with Gasteiger partial charge in [0.1, 0.15) is 0 Å². The van der Waals surface area contributed by atoms with Crippen molar-refractivity contribution in [3.05, 3.63) is 64.7 Å². The lowest BCUT2D eigenvalue weighted by Gasteiger charge is -2.35. The van der Waals surface area contributed by atoms with Gasteiger partial charge >= 0.3 is 0 Å². The third kappa shape index (κ3) is 6.21. The zero-order chi connectivity index (χ0) is 21.7. The zero-order valence-electron chi connectivity index (χ0n) is 16.7. The molecule has 2 aromatic rings. The van der Waals surface area contributed by atoms with Gasteiger partial charge in [0, 0.05) is 48.9 Å². The van der Waals surface area contributed by atoms with Gasteiger partial charge in [0.05, 0.1) is 6.26 Å². The molecule has 0 unspecified atom stereocenters. The topological polar surface area (TPSA) is 86.8 Å². The molecule has 0 spiro atoms. The van der Waals surface area contributed by atoms with Crippen LogP contribution in [0.1, 0.15) is 22.3 Å². The fourth-order valence-electron chi connectivity index (χ4n) is 3.30. The molecular weight excluding hydrogens is 426 g/mol. The van der Waals surface area contributed by atoms with Gasteiger partial charge < -0.3 is 9.80 Å². The largest absolute Gasteiger partial charge is 0.339 e. The summed E-state index contributed by atoms with van der Waals surface area (Å²) in [5.74, 6) is -0.0533. The third-order valence-corrected chi connectivity index (χ3v) is 5.75. The highest BCUT2D eigenvalue weighted by Gasteiger charge is 2.24. The van der Waals surface area contributed by atoms with Crippen molar-refractivity contribution in [2.24, 2.45) is 0 Å². The Labute approximate surface area is 181 Å². The molecule has 0 saturated carbocycles. The van der Waals surface area contributed by atoms with Crippen LogP contribution >= 0.6 is 11.6 Å². The number of carbonyl (C=O) groups excluding carboxylic acids is 2. The maximum Gasteiger partial charge on any atom is 0.253 e. The SMILES string of the molecule is CS(=O)(=O)Nc1ccc(C(=O)N2CCN(C(=O)CCc3ccc(Cl)cc3)CC2)cc1. The Morgan fingerprint density at radius 2 is 1.50 bits per heavy atom. The van der Waals surface area contributed by atoms with Crippen LogP contribution in [0.15, 0.2) is 48.5 Å². The number of nitrogens with one attached hydrogen (secondary N) is 1. The fourth-order valence-corrected chi connectivity index (χ4v) is 3.99. The van der Waals surface area contributed by atoms with Gasteiger partial charge in [-0.15, -0.1) is 0 Å². The highest BCUT2D eigenvalue weighted by molar-refractivity contribution is 7.92. The van der Waals surface area contributed by atoms with Crippen molar-refractivity contribution in [2.45, 2.75) is 12.8 Å². The number of anilines is 1. The molecule has 0 radical (unpaired) electrons. The van der Waals surface area contributed by atoms with Gasteiger partial charge in [-0.2, -0.15) is 0 Å². The number of rotatable bonds is 6. The Kier molecular flexibility index (Phi) is 6.99. The average Bonchev–Trinajstić information content (AvgIpc) is 2.72. The normalized spacial score (nSPS) is 14.5. The number of nitrogens with zero attached hydrogens (tertiary/aromatic N) is 2. The summed E-state index contributed by atoms with van der Waals surface area (Å²) in [6.45, 7) is 1.93. The van der Waals surface area contributed by atoms with Crippen LogP contribution in [0.4, 0.5) is 5.69 Å². The number of carbonyl (C=O) groups is 2. The summed E-state index contributed by atoms with van der Waals surface area (Å²) in [5, 5.41) is 0.673. The van der Waals surface area contributed by atoms with E-state index >= 15 is 0 Å². The molecule has 1 N–H and O–H groups in total. The number of amides is 2. The molecule has 1 fully saturated rings. The minimum atomic E-state index is -3.36. The van der Waals surface area contributed by atoms with Gasteiger partial charge in [-0.1, -0.05) is 23.7 Å². The van der Waals surface area contributed by atoms with E-state index in [0.717, 1.165) is 11.8 Å². The summed E-state index contributed by atoms with van der Waals surface area (Å²) in [6.07, 6.45) is 2.15. The van der Waals surface area contributed by atoms with Crippen molar-refractivity contribution >= 4 is 39.1 Å². The van der Waals surface area contributed by atoms with Crippen LogP contribution in [0.2, 0.25) is 5.02 Å². The van der Waals surface area contributed by atoms with E-state index in [0.29, 0.717) is 55.3 Å². The second-order valence-corrected chi connectivity index (χ2v) is 9.44. The molecule has 160 valence electrons. The Hall–Kier alpha value is -2.58. The van der Waals surface area contributed by atoms with E-state index in [9.17, 15) is 18.0 Å². The van der Waals surface area contributed by atoms with Crippen molar-refractivity contribution in [1.29, 1.82) is 0 Å². The van der Waals surface area contributed by atoms with E-state index in [-0.39, 0.29) is 11.8 Å². The van der Waals surface area contributed by atoms with Gasteiger partial charge in [-0.25, -0.2) is 8.42 Å².